The highest BCUT2D eigenvalue weighted by atomic mass is 32.2. The van der Waals surface area contributed by atoms with Gasteiger partial charge in [0.2, 0.25) is 0 Å². The molecule has 0 aliphatic carbocycles. The van der Waals surface area contributed by atoms with Crippen LogP contribution in [0.25, 0.3) is 0 Å². The highest BCUT2D eigenvalue weighted by Crippen LogP contribution is 2.16. The Morgan fingerprint density at radius 1 is 1.19 bits per heavy atom. The summed E-state index contributed by atoms with van der Waals surface area (Å²) in [5, 5.41) is 5.19. The Kier molecular flexibility index (Phi) is 4.76. The fraction of sp³-hybridized carbons (Fsp3) is 0.455. The van der Waals surface area contributed by atoms with Crippen LogP contribution in [-0.2, 0) is 10.2 Å². The molecular formula is C11H18N2O2S. The number of benzene rings is 1. The molecule has 4 nitrogen and oxygen atoms in total. The van der Waals surface area contributed by atoms with E-state index in [9.17, 15) is 8.42 Å². The average Bonchev–Trinajstić information content (AvgIpc) is 2.24. The van der Waals surface area contributed by atoms with E-state index in [1.807, 2.05) is 6.07 Å². The number of unbranched alkanes of at least 4 members (excludes halogenated alkanes) is 2. The predicted molar refractivity (Wildman–Crippen MR) is 66.4 cm³/mol. The van der Waals surface area contributed by atoms with Crippen LogP contribution in [0.2, 0.25) is 0 Å². The molecule has 0 heterocycles. The Morgan fingerprint density at radius 2 is 1.81 bits per heavy atom. The summed E-state index contributed by atoms with van der Waals surface area (Å²) in [6.07, 6.45) is 2.87. The molecule has 1 aromatic carbocycles. The molecule has 0 radical (unpaired) electrons. The van der Waals surface area contributed by atoms with Gasteiger partial charge in [0.25, 0.3) is 10.2 Å². The maximum absolute atomic E-state index is 11.4. The van der Waals surface area contributed by atoms with Gasteiger partial charge in [-0.25, -0.2) is 5.14 Å². The van der Waals surface area contributed by atoms with Gasteiger partial charge in [-0.3, -0.25) is 4.31 Å². The highest BCUT2D eigenvalue weighted by Gasteiger charge is 2.16. The van der Waals surface area contributed by atoms with Crippen LogP contribution in [0.1, 0.15) is 26.2 Å². The van der Waals surface area contributed by atoms with Gasteiger partial charge in [-0.15, -0.1) is 0 Å². The van der Waals surface area contributed by atoms with Crippen molar-refractivity contribution in [2.24, 2.45) is 5.14 Å². The first kappa shape index (κ1) is 13.0. The van der Waals surface area contributed by atoms with Crippen molar-refractivity contribution in [3.8, 4) is 0 Å². The summed E-state index contributed by atoms with van der Waals surface area (Å²) < 4.78 is 24.1. The first-order chi connectivity index (χ1) is 7.55. The van der Waals surface area contributed by atoms with E-state index >= 15 is 0 Å². The average molecular weight is 242 g/mol. The molecule has 0 spiro atoms. The van der Waals surface area contributed by atoms with Crippen LogP contribution >= 0.6 is 0 Å². The Morgan fingerprint density at radius 3 is 2.31 bits per heavy atom. The maximum atomic E-state index is 11.4. The molecule has 0 amide bonds. The summed E-state index contributed by atoms with van der Waals surface area (Å²) in [7, 11) is -3.67. The van der Waals surface area contributed by atoms with E-state index in [0.717, 1.165) is 19.3 Å². The summed E-state index contributed by atoms with van der Waals surface area (Å²) in [5.41, 5.74) is 0.626. The van der Waals surface area contributed by atoms with Crippen LogP contribution in [0.3, 0.4) is 0 Å². The molecule has 0 atom stereocenters. The van der Waals surface area contributed by atoms with Crippen LogP contribution in [0.4, 0.5) is 5.69 Å². The molecule has 16 heavy (non-hydrogen) atoms. The standard InChI is InChI=1S/C11H18N2O2S/c1-2-3-7-10-13(16(12,14)15)11-8-5-4-6-9-11/h4-6,8-9H,2-3,7,10H2,1H3,(H2,12,14,15). The minimum Gasteiger partial charge on any atom is -0.258 e. The second-order valence-corrected chi connectivity index (χ2v) is 5.13. The SMILES string of the molecule is CCCCCN(c1ccccc1)S(N)(=O)=O. The van der Waals surface area contributed by atoms with Crippen molar-refractivity contribution in [2.45, 2.75) is 26.2 Å². The molecule has 2 N–H and O–H groups in total. The van der Waals surface area contributed by atoms with E-state index in [1.54, 1.807) is 24.3 Å². The van der Waals surface area contributed by atoms with Crippen LogP contribution in [0, 0.1) is 0 Å². The highest BCUT2D eigenvalue weighted by molar-refractivity contribution is 7.90. The minimum atomic E-state index is -3.67. The molecule has 0 aliphatic rings. The van der Waals surface area contributed by atoms with Crippen LogP contribution < -0.4 is 9.44 Å². The van der Waals surface area contributed by atoms with Gasteiger partial charge in [0.15, 0.2) is 0 Å². The van der Waals surface area contributed by atoms with Gasteiger partial charge in [0.05, 0.1) is 5.69 Å². The van der Waals surface area contributed by atoms with Gasteiger partial charge in [-0.2, -0.15) is 8.42 Å². The fourth-order valence-corrected chi connectivity index (χ4v) is 2.30. The maximum Gasteiger partial charge on any atom is 0.298 e. The van der Waals surface area contributed by atoms with E-state index in [-0.39, 0.29) is 0 Å². The quantitative estimate of drug-likeness (QED) is 0.774. The zero-order valence-corrected chi connectivity index (χ0v) is 10.3. The van der Waals surface area contributed by atoms with Crippen molar-refractivity contribution >= 4 is 15.9 Å². The third-order valence-corrected chi connectivity index (χ3v) is 3.32. The molecule has 5 heteroatoms. The number of para-hydroxylation sites is 1. The number of rotatable bonds is 6. The topological polar surface area (TPSA) is 63.4 Å². The summed E-state index contributed by atoms with van der Waals surface area (Å²) >= 11 is 0. The van der Waals surface area contributed by atoms with Gasteiger partial charge < -0.3 is 0 Å². The number of hydrogen-bond donors (Lipinski definition) is 1. The summed E-state index contributed by atoms with van der Waals surface area (Å²) in [6, 6.07) is 8.93. The van der Waals surface area contributed by atoms with Crippen molar-refractivity contribution < 1.29 is 8.42 Å². The lowest BCUT2D eigenvalue weighted by atomic mass is 10.2. The van der Waals surface area contributed by atoms with Crippen LogP contribution in [-0.4, -0.2) is 15.0 Å². The molecule has 0 unspecified atom stereocenters. The van der Waals surface area contributed by atoms with Gasteiger partial charge >= 0.3 is 0 Å². The first-order valence-electron chi connectivity index (χ1n) is 5.41. The molecule has 0 saturated carbocycles. The fourth-order valence-electron chi connectivity index (χ4n) is 1.50. The second-order valence-electron chi connectivity index (χ2n) is 3.66. The summed E-state index contributed by atoms with van der Waals surface area (Å²) in [6.45, 7) is 2.51. The predicted octanol–water partition coefficient (Wildman–Crippen LogP) is 1.89. The molecule has 1 aromatic rings. The number of anilines is 1. The molecule has 0 saturated heterocycles. The molecule has 0 aromatic heterocycles. The van der Waals surface area contributed by atoms with Crippen molar-refractivity contribution in [1.29, 1.82) is 0 Å². The molecule has 90 valence electrons. The molecular weight excluding hydrogens is 224 g/mol. The Bertz CT molecular complexity index is 403. The first-order valence-corrected chi connectivity index (χ1v) is 6.91. The van der Waals surface area contributed by atoms with Crippen molar-refractivity contribution in [1.82, 2.24) is 0 Å². The van der Waals surface area contributed by atoms with E-state index in [2.05, 4.69) is 6.92 Å². The number of nitrogens with two attached hydrogens (primary N) is 1. The van der Waals surface area contributed by atoms with Gasteiger partial charge in [-0.05, 0) is 18.6 Å². The Labute approximate surface area is 97.3 Å². The third-order valence-electron chi connectivity index (χ3n) is 2.32. The van der Waals surface area contributed by atoms with Crippen molar-refractivity contribution in [3.05, 3.63) is 30.3 Å². The normalized spacial score (nSPS) is 11.4. The van der Waals surface area contributed by atoms with Crippen molar-refractivity contribution in [2.75, 3.05) is 10.8 Å². The summed E-state index contributed by atoms with van der Waals surface area (Å²) in [5.74, 6) is 0. The molecule has 1 rings (SSSR count). The molecule has 0 bridgehead atoms. The van der Waals surface area contributed by atoms with E-state index < -0.39 is 10.2 Å². The van der Waals surface area contributed by atoms with Crippen LogP contribution in [0.5, 0.6) is 0 Å². The third kappa shape index (κ3) is 3.83. The number of nitrogens with zero attached hydrogens (tertiary/aromatic N) is 1. The lowest BCUT2D eigenvalue weighted by Crippen LogP contribution is -2.37. The minimum absolute atomic E-state index is 0.441. The Balaban J connectivity index is 2.81. The lowest BCUT2D eigenvalue weighted by molar-refractivity contribution is 0.589. The lowest BCUT2D eigenvalue weighted by Gasteiger charge is -2.21. The largest absolute Gasteiger partial charge is 0.298 e. The van der Waals surface area contributed by atoms with Crippen LogP contribution in [0.15, 0.2) is 30.3 Å². The monoisotopic (exact) mass is 242 g/mol. The van der Waals surface area contributed by atoms with Gasteiger partial charge in [0, 0.05) is 6.54 Å². The summed E-state index contributed by atoms with van der Waals surface area (Å²) in [4.78, 5) is 0. The van der Waals surface area contributed by atoms with Gasteiger partial charge in [-0.1, -0.05) is 38.0 Å². The van der Waals surface area contributed by atoms with E-state index in [4.69, 9.17) is 5.14 Å². The number of hydrogen-bond acceptors (Lipinski definition) is 2. The van der Waals surface area contributed by atoms with E-state index in [1.165, 1.54) is 4.31 Å². The zero-order valence-electron chi connectivity index (χ0n) is 9.46. The van der Waals surface area contributed by atoms with Gasteiger partial charge in [0.1, 0.15) is 0 Å². The molecule has 0 fully saturated rings. The molecule has 0 aliphatic heterocycles. The van der Waals surface area contributed by atoms with Crippen molar-refractivity contribution in [3.63, 3.8) is 0 Å². The van der Waals surface area contributed by atoms with E-state index in [0.29, 0.717) is 12.2 Å². The Hall–Kier alpha value is -1.07. The zero-order chi connectivity index (χ0) is 12.0. The second kappa shape index (κ2) is 5.86. The smallest absolute Gasteiger partial charge is 0.258 e.